The number of benzene rings is 1. The first-order valence-electron chi connectivity index (χ1n) is 7.61. The summed E-state index contributed by atoms with van der Waals surface area (Å²) in [6.45, 7) is 0.991. The number of carbonyl (C=O) groups is 1. The molecule has 2 aromatic heterocycles. The van der Waals surface area contributed by atoms with Gasteiger partial charge in [0.15, 0.2) is 5.16 Å². The number of hydrogen-bond donors (Lipinski definition) is 1. The summed E-state index contributed by atoms with van der Waals surface area (Å²) in [5.74, 6) is 0.936. The first kappa shape index (κ1) is 15.2. The van der Waals surface area contributed by atoms with Gasteiger partial charge < -0.3 is 9.88 Å². The average molecular weight is 353 g/mol. The van der Waals surface area contributed by atoms with Crippen LogP contribution in [0.1, 0.15) is 4.88 Å². The molecule has 1 amide bonds. The van der Waals surface area contributed by atoms with Gasteiger partial charge in [0.05, 0.1) is 11.4 Å². The third-order valence-electron chi connectivity index (χ3n) is 3.71. The number of nitrogens with one attached hydrogen (secondary N) is 1. The van der Waals surface area contributed by atoms with Crippen LogP contribution in [0.15, 0.2) is 59.2 Å². The van der Waals surface area contributed by atoms with E-state index in [4.69, 9.17) is 0 Å². The number of hydrogen-bond acceptors (Lipinski definition) is 4. The van der Waals surface area contributed by atoms with Crippen LogP contribution in [-0.2, 0) is 11.3 Å². The zero-order valence-electron chi connectivity index (χ0n) is 12.8. The van der Waals surface area contributed by atoms with Crippen molar-refractivity contribution in [3.8, 4) is 11.3 Å². The highest BCUT2D eigenvalue weighted by Gasteiger charge is 2.17. The van der Waals surface area contributed by atoms with Crippen LogP contribution in [0.3, 0.4) is 0 Å². The molecule has 120 valence electrons. The number of nitrogens with zero attached hydrogens (tertiary/aromatic N) is 2. The Hall–Kier alpha value is -2.31. The number of aryl methyl sites for hydroxylation is 1. The number of thioether (sulfide) groups is 1. The van der Waals surface area contributed by atoms with Crippen molar-refractivity contribution >= 4 is 40.8 Å². The number of imidazole rings is 1. The number of rotatable bonds is 4. The molecule has 0 aliphatic carbocycles. The van der Waals surface area contributed by atoms with Crippen LogP contribution in [0.25, 0.3) is 17.3 Å². The molecule has 3 heterocycles. The molecular formula is C18H15N3OS2. The topological polar surface area (TPSA) is 46.9 Å². The van der Waals surface area contributed by atoms with Gasteiger partial charge in [-0.1, -0.05) is 36.0 Å². The van der Waals surface area contributed by atoms with Crippen LogP contribution >= 0.6 is 23.1 Å². The minimum absolute atomic E-state index is 0.142. The highest BCUT2D eigenvalue weighted by atomic mass is 32.2. The van der Waals surface area contributed by atoms with Crippen LogP contribution < -0.4 is 5.32 Å². The molecule has 1 N–H and O–H groups in total. The Balaban J connectivity index is 1.56. The van der Waals surface area contributed by atoms with E-state index in [0.717, 1.165) is 39.3 Å². The third kappa shape index (κ3) is 3.16. The van der Waals surface area contributed by atoms with Crippen LogP contribution in [-0.4, -0.2) is 21.2 Å². The lowest BCUT2D eigenvalue weighted by Crippen LogP contribution is -2.08. The predicted octanol–water partition coefficient (Wildman–Crippen LogP) is 4.37. The van der Waals surface area contributed by atoms with E-state index in [1.807, 2.05) is 47.9 Å². The van der Waals surface area contributed by atoms with Gasteiger partial charge in [-0.05, 0) is 23.6 Å². The van der Waals surface area contributed by atoms with Gasteiger partial charge in [0.2, 0.25) is 5.91 Å². The van der Waals surface area contributed by atoms with Crippen molar-refractivity contribution in [3.05, 3.63) is 58.9 Å². The van der Waals surface area contributed by atoms with Gasteiger partial charge in [-0.3, -0.25) is 4.79 Å². The molecule has 0 saturated carbocycles. The Morgan fingerprint density at radius 1 is 1.25 bits per heavy atom. The molecule has 0 saturated heterocycles. The molecule has 0 bridgehead atoms. The zero-order chi connectivity index (χ0) is 16.4. The monoisotopic (exact) mass is 353 g/mol. The van der Waals surface area contributed by atoms with Crippen molar-refractivity contribution in [1.82, 2.24) is 9.55 Å². The van der Waals surface area contributed by atoms with Crippen molar-refractivity contribution in [2.75, 3.05) is 11.1 Å². The largest absolute Gasteiger partial charge is 0.325 e. The van der Waals surface area contributed by atoms with E-state index in [-0.39, 0.29) is 5.91 Å². The van der Waals surface area contributed by atoms with Crippen LogP contribution in [0.5, 0.6) is 0 Å². The van der Waals surface area contributed by atoms with Gasteiger partial charge in [-0.15, -0.1) is 11.3 Å². The minimum Gasteiger partial charge on any atom is -0.325 e. The summed E-state index contributed by atoms with van der Waals surface area (Å²) < 4.78 is 2.16. The van der Waals surface area contributed by atoms with Crippen LogP contribution in [0.2, 0.25) is 0 Å². The molecule has 1 aliphatic rings. The van der Waals surface area contributed by atoms with Crippen molar-refractivity contribution in [3.63, 3.8) is 0 Å². The summed E-state index contributed by atoms with van der Waals surface area (Å²) in [6.07, 6.45) is 5.44. The third-order valence-corrected chi connectivity index (χ3v) is 5.51. The molecule has 0 spiro atoms. The average Bonchev–Trinajstić information content (AvgIpc) is 3.30. The summed E-state index contributed by atoms with van der Waals surface area (Å²) in [7, 11) is 0. The molecular weight excluding hydrogens is 338 g/mol. The molecule has 3 aromatic rings. The smallest absolute Gasteiger partial charge is 0.248 e. The van der Waals surface area contributed by atoms with E-state index >= 15 is 0 Å². The highest BCUT2D eigenvalue weighted by molar-refractivity contribution is 7.99. The van der Waals surface area contributed by atoms with Gasteiger partial charge in [-0.25, -0.2) is 4.98 Å². The molecule has 24 heavy (non-hydrogen) atoms. The van der Waals surface area contributed by atoms with Gasteiger partial charge in [0, 0.05) is 35.0 Å². The molecule has 6 heteroatoms. The Morgan fingerprint density at radius 3 is 3.00 bits per heavy atom. The van der Waals surface area contributed by atoms with Gasteiger partial charge in [0.25, 0.3) is 0 Å². The summed E-state index contributed by atoms with van der Waals surface area (Å²) in [5, 5.41) is 5.99. The van der Waals surface area contributed by atoms with E-state index in [2.05, 4.69) is 21.1 Å². The molecule has 0 atom stereocenters. The van der Waals surface area contributed by atoms with Gasteiger partial charge in [0.1, 0.15) is 0 Å². The predicted molar refractivity (Wildman–Crippen MR) is 100 cm³/mol. The number of anilines is 1. The summed E-state index contributed by atoms with van der Waals surface area (Å²) >= 11 is 3.37. The molecule has 4 nitrogen and oxygen atoms in total. The molecule has 0 fully saturated rings. The van der Waals surface area contributed by atoms with E-state index in [9.17, 15) is 4.79 Å². The van der Waals surface area contributed by atoms with E-state index in [1.165, 1.54) is 0 Å². The van der Waals surface area contributed by atoms with Crippen LogP contribution in [0.4, 0.5) is 5.69 Å². The van der Waals surface area contributed by atoms with Crippen molar-refractivity contribution in [2.45, 2.75) is 11.7 Å². The molecule has 1 aliphatic heterocycles. The highest BCUT2D eigenvalue weighted by Crippen LogP contribution is 2.32. The zero-order valence-corrected chi connectivity index (χ0v) is 14.4. The quantitative estimate of drug-likeness (QED) is 0.709. The normalized spacial score (nSPS) is 13.3. The summed E-state index contributed by atoms with van der Waals surface area (Å²) in [6, 6.07) is 11.7. The molecule has 4 rings (SSSR count). The second-order valence-corrected chi connectivity index (χ2v) is 7.38. The maximum Gasteiger partial charge on any atom is 0.248 e. The first-order chi connectivity index (χ1) is 11.8. The van der Waals surface area contributed by atoms with Crippen molar-refractivity contribution < 1.29 is 4.79 Å². The maximum absolute atomic E-state index is 12.2. The molecule has 0 radical (unpaired) electrons. The Labute approximate surface area is 148 Å². The number of thiophene rings is 1. The Morgan fingerprint density at radius 2 is 2.17 bits per heavy atom. The standard InChI is InChI=1S/C18H15N3OS2/c22-17(8-7-13-4-3-10-23-13)19-15-6-2-1-5-14(15)16-12-21-9-11-24-18(21)20-16/h1-8,10,12H,9,11H2,(H,19,22)/b8-7+. The fourth-order valence-corrected chi connectivity index (χ4v) is 4.13. The van der Waals surface area contributed by atoms with Crippen molar-refractivity contribution in [1.29, 1.82) is 0 Å². The van der Waals surface area contributed by atoms with Gasteiger partial charge >= 0.3 is 0 Å². The lowest BCUT2D eigenvalue weighted by Gasteiger charge is -2.07. The number of carbonyl (C=O) groups excluding carboxylic acids is 1. The molecule has 1 aromatic carbocycles. The van der Waals surface area contributed by atoms with Crippen LogP contribution in [0, 0.1) is 0 Å². The number of para-hydroxylation sites is 1. The second-order valence-electron chi connectivity index (χ2n) is 5.33. The lowest BCUT2D eigenvalue weighted by atomic mass is 10.1. The lowest BCUT2D eigenvalue weighted by molar-refractivity contribution is -0.111. The second kappa shape index (κ2) is 6.67. The minimum atomic E-state index is -0.142. The fraction of sp³-hybridized carbons (Fsp3) is 0.111. The van der Waals surface area contributed by atoms with E-state index in [0.29, 0.717) is 0 Å². The SMILES string of the molecule is O=C(/C=C/c1cccs1)Nc1ccccc1-c1cn2c(n1)SCC2. The Kier molecular flexibility index (Phi) is 4.23. The Bertz CT molecular complexity index is 875. The summed E-state index contributed by atoms with van der Waals surface area (Å²) in [4.78, 5) is 17.9. The first-order valence-corrected chi connectivity index (χ1v) is 9.48. The van der Waals surface area contributed by atoms with Gasteiger partial charge in [-0.2, -0.15) is 0 Å². The van der Waals surface area contributed by atoms with E-state index in [1.54, 1.807) is 29.2 Å². The van der Waals surface area contributed by atoms with E-state index < -0.39 is 0 Å². The number of aromatic nitrogens is 2. The van der Waals surface area contributed by atoms with Crippen molar-refractivity contribution in [2.24, 2.45) is 0 Å². The summed E-state index contributed by atoms with van der Waals surface area (Å²) in [5.41, 5.74) is 2.62. The fourth-order valence-electron chi connectivity index (χ4n) is 2.57. The molecule has 0 unspecified atom stereocenters. The number of fused-ring (bicyclic) bond motifs is 1. The number of amides is 1. The maximum atomic E-state index is 12.2.